The van der Waals surface area contributed by atoms with Gasteiger partial charge in [0.15, 0.2) is 23.2 Å². The summed E-state index contributed by atoms with van der Waals surface area (Å²) in [6, 6.07) is 10.7. The molecule has 0 saturated heterocycles. The number of benzene rings is 4. The first kappa shape index (κ1) is 52.4. The van der Waals surface area contributed by atoms with Crippen LogP contribution >= 0.6 is 0 Å². The Hall–Kier alpha value is -2.68. The summed E-state index contributed by atoms with van der Waals surface area (Å²) >= 11 is 0. The molecule has 0 unspecified atom stereocenters. The predicted octanol–water partition coefficient (Wildman–Crippen LogP) is 2.79. The van der Waals surface area contributed by atoms with Gasteiger partial charge in [-0.2, -0.15) is 36.9 Å². The molecule has 0 aliphatic heterocycles. The molecule has 0 aliphatic carbocycles. The third-order valence-electron chi connectivity index (χ3n) is 5.31. The van der Waals surface area contributed by atoms with Crippen LogP contribution in [0.3, 0.4) is 0 Å². The molecule has 0 saturated carbocycles. The van der Waals surface area contributed by atoms with Crippen molar-refractivity contribution in [2.24, 2.45) is 0 Å². The number of carbonyl (C=O) groups excluding carboxylic acids is 1. The fourth-order valence-electron chi connectivity index (χ4n) is 3.32. The van der Waals surface area contributed by atoms with Crippen molar-refractivity contribution < 1.29 is 183 Å². The van der Waals surface area contributed by atoms with Gasteiger partial charge in [-0.05, 0) is 73.5 Å². The Labute approximate surface area is 381 Å². The van der Waals surface area contributed by atoms with Crippen molar-refractivity contribution in [2.45, 2.75) is 26.2 Å². The van der Waals surface area contributed by atoms with Crippen LogP contribution < -0.4 is 113 Å². The largest absolute Gasteiger partial charge is 1.00 e. The summed E-state index contributed by atoms with van der Waals surface area (Å²) in [4.78, 5) is 11.2. The third-order valence-corrected chi connectivity index (χ3v) is 5.31. The molecular weight excluding hydrogens is 799 g/mol. The maximum atomic E-state index is 13.7. The van der Waals surface area contributed by atoms with Gasteiger partial charge in [0.25, 0.3) is 6.47 Å². The number of ether oxygens (including phenoxy) is 1. The quantitative estimate of drug-likeness (QED) is 0.0842. The van der Waals surface area contributed by atoms with E-state index in [4.69, 9.17) is 31.8 Å². The van der Waals surface area contributed by atoms with Crippen LogP contribution in [0.1, 0.15) is 36.2 Å². The van der Waals surface area contributed by atoms with E-state index in [-0.39, 0.29) is 128 Å². The molecule has 4 aromatic rings. The second-order valence-electron chi connectivity index (χ2n) is 9.11. The Kier molecular flexibility index (Phi) is 25.9. The minimum atomic E-state index is -4.58. The average molecular weight is 822 g/mol. The summed E-state index contributed by atoms with van der Waals surface area (Å²) < 4.78 is 159. The molecule has 4 aromatic carbocycles. The standard InChI is InChI=1S/C15H8F5NO.C8H7F3O.C7H2F3N.CH3F.CH2O3.2K.H/c1-8-2-10(15(18,19)20)5-11(3-8)22-14-6-12(16)9(7-21)4-13(14)17;1-5-2-6(8(9,10)11)4-7(12)3-5;8-5-2-7(10)6(9)1-4(5)3-11;1-2;2-1-4-3;;;/h2-6H,1H3;2-4,12H,1H3;1-2H;1H3;1,3H;;;/q;;;;;2*+1;-1/p-1/i;;;1D;;;;. The monoisotopic (exact) mass is 821 g/mol. The predicted molar refractivity (Wildman–Crippen MR) is 151 cm³/mol. The Morgan fingerprint density at radius 2 is 1.11 bits per heavy atom. The van der Waals surface area contributed by atoms with Crippen LogP contribution in [0.4, 0.5) is 52.7 Å². The zero-order chi connectivity index (χ0) is 40.4. The molecule has 0 fully saturated rings. The zero-order valence-electron chi connectivity index (χ0n) is 29.6. The smallest absolute Gasteiger partial charge is 1.00 e. The summed E-state index contributed by atoms with van der Waals surface area (Å²) in [5.74, 6) is -6.88. The minimum Gasteiger partial charge on any atom is -1.00 e. The molecular formula is C32H22F12K2N2O5. The van der Waals surface area contributed by atoms with E-state index < -0.39 is 76.6 Å². The van der Waals surface area contributed by atoms with E-state index in [1.54, 1.807) is 0 Å². The molecule has 0 aliphatic rings. The number of aromatic hydroxyl groups is 1. The summed E-state index contributed by atoms with van der Waals surface area (Å²) in [5.41, 5.74) is -2.16. The van der Waals surface area contributed by atoms with Crippen molar-refractivity contribution in [3.05, 3.63) is 123 Å². The van der Waals surface area contributed by atoms with Crippen molar-refractivity contribution in [3.8, 4) is 29.4 Å². The molecule has 1 N–H and O–H groups in total. The molecule has 0 atom stereocenters. The van der Waals surface area contributed by atoms with Crippen LogP contribution in [0.15, 0.2) is 60.7 Å². The van der Waals surface area contributed by atoms with Crippen molar-refractivity contribution in [2.75, 3.05) is 7.15 Å². The number of halogens is 12. The molecule has 0 spiro atoms. The van der Waals surface area contributed by atoms with Gasteiger partial charge in [-0.3, -0.25) is 9.18 Å². The number of phenolic OH excluding ortho intramolecular Hbond substituents is 1. The summed E-state index contributed by atoms with van der Waals surface area (Å²) in [7, 11) is -1.00. The van der Waals surface area contributed by atoms with Gasteiger partial charge in [0.05, 0.1) is 30.8 Å². The van der Waals surface area contributed by atoms with Gasteiger partial charge in [-0.1, -0.05) is 0 Å². The summed E-state index contributed by atoms with van der Waals surface area (Å²) in [6.07, 6.45) is -8.97. The van der Waals surface area contributed by atoms with E-state index in [0.29, 0.717) is 42.0 Å². The van der Waals surface area contributed by atoms with Crippen LogP contribution in [-0.4, -0.2) is 18.7 Å². The van der Waals surface area contributed by atoms with Crippen LogP contribution in [0.25, 0.3) is 0 Å². The Balaban J connectivity index is -0.000000337. The SMILES string of the molecule is Cc1cc(O)cc(C(F)(F)F)c1.Cc1cc(Oc2cc(F)c(C#N)cc2F)cc(C(F)(F)F)c1.N#Cc1cc(F)c(F)cc1F.O=CO[O-].[2H]CF.[H-].[K+].[K+]. The topological polar surface area (TPSA) is 126 Å². The van der Waals surface area contributed by atoms with Crippen molar-refractivity contribution in [1.82, 2.24) is 0 Å². The molecule has 7 nitrogen and oxygen atoms in total. The van der Waals surface area contributed by atoms with Gasteiger partial charge in [0.1, 0.15) is 35.3 Å². The van der Waals surface area contributed by atoms with E-state index in [1.807, 2.05) is 0 Å². The van der Waals surface area contributed by atoms with Crippen molar-refractivity contribution in [3.63, 3.8) is 0 Å². The molecule has 21 heteroatoms. The molecule has 0 aromatic heterocycles. The first-order valence-electron chi connectivity index (χ1n) is 13.5. The van der Waals surface area contributed by atoms with E-state index in [1.165, 1.54) is 38.1 Å². The maximum Gasteiger partial charge on any atom is 1.00 e. The second-order valence-corrected chi connectivity index (χ2v) is 9.11. The average Bonchev–Trinajstić information content (AvgIpc) is 3.04. The summed E-state index contributed by atoms with van der Waals surface area (Å²) in [6.45, 7) is 2.73. The Morgan fingerprint density at radius 3 is 1.53 bits per heavy atom. The number of hydrogen-bond acceptors (Lipinski definition) is 7. The van der Waals surface area contributed by atoms with Crippen molar-refractivity contribution in [1.29, 1.82) is 10.5 Å². The second kappa shape index (κ2) is 26.2. The van der Waals surface area contributed by atoms with Crippen LogP contribution in [0.2, 0.25) is 0 Å². The van der Waals surface area contributed by atoms with Crippen LogP contribution in [0, 0.1) is 65.6 Å². The number of hydrogen-bond donors (Lipinski definition) is 1. The molecule has 0 bridgehead atoms. The Bertz CT molecular complexity index is 1870. The van der Waals surface area contributed by atoms with E-state index in [9.17, 15) is 52.7 Å². The number of nitrogens with zero attached hydrogens (tertiary/aromatic N) is 2. The van der Waals surface area contributed by atoms with Gasteiger partial charge >= 0.3 is 115 Å². The molecule has 0 radical (unpaired) electrons. The van der Waals surface area contributed by atoms with Gasteiger partial charge < -0.3 is 21.4 Å². The number of alkyl halides is 7. The minimum absolute atomic E-state index is 0. The van der Waals surface area contributed by atoms with E-state index in [2.05, 4.69) is 4.89 Å². The first-order valence-corrected chi connectivity index (χ1v) is 12.8. The fourth-order valence-corrected chi connectivity index (χ4v) is 3.32. The van der Waals surface area contributed by atoms with Gasteiger partial charge in [0.2, 0.25) is 0 Å². The molecule has 0 heterocycles. The van der Waals surface area contributed by atoms with Gasteiger partial charge in [-0.15, -0.1) is 0 Å². The fraction of sp³-hybridized carbons (Fsp3) is 0.156. The van der Waals surface area contributed by atoms with Crippen LogP contribution in [0.5, 0.6) is 17.2 Å². The molecule has 0 amide bonds. The first-order chi connectivity index (χ1) is 24.1. The molecule has 276 valence electrons. The van der Waals surface area contributed by atoms with E-state index in [0.717, 1.165) is 12.1 Å². The maximum absolute atomic E-state index is 13.7. The number of nitriles is 2. The number of phenols is 1. The number of carbonyl (C=O) groups is 1. The van der Waals surface area contributed by atoms with Gasteiger partial charge in [-0.25, -0.2) is 22.0 Å². The normalized spacial score (nSPS) is 9.94. The third kappa shape index (κ3) is 20.0. The van der Waals surface area contributed by atoms with E-state index >= 15 is 0 Å². The van der Waals surface area contributed by atoms with Crippen molar-refractivity contribution >= 4 is 6.47 Å². The Morgan fingerprint density at radius 1 is 0.717 bits per heavy atom. The van der Waals surface area contributed by atoms with Gasteiger partial charge in [0, 0.05) is 12.1 Å². The molecule has 53 heavy (non-hydrogen) atoms. The molecule has 4 rings (SSSR count). The number of rotatable bonds is 3. The summed E-state index contributed by atoms with van der Waals surface area (Å²) in [5, 5.41) is 34.0. The zero-order valence-corrected chi connectivity index (χ0v) is 33.8. The van der Waals surface area contributed by atoms with Crippen LogP contribution in [-0.2, 0) is 22.0 Å². The number of aryl methyl sites for hydroxylation is 2.